The molecule has 0 radical (unpaired) electrons. The molecule has 0 amide bonds. The van der Waals surface area contributed by atoms with Gasteiger partial charge in [0.25, 0.3) is 0 Å². The lowest BCUT2D eigenvalue weighted by Gasteiger charge is -2.14. The fourth-order valence-electron chi connectivity index (χ4n) is 1.84. The average Bonchev–Trinajstić information content (AvgIpc) is 2.58. The second-order valence-corrected chi connectivity index (χ2v) is 4.01. The lowest BCUT2D eigenvalue weighted by Crippen LogP contribution is -2.28. The normalized spacial score (nSPS) is 27.2. The van der Waals surface area contributed by atoms with Crippen LogP contribution in [-0.4, -0.2) is 31.5 Å². The molecule has 1 aliphatic rings. The van der Waals surface area contributed by atoms with Gasteiger partial charge in [-0.2, -0.15) is 13.2 Å². The van der Waals surface area contributed by atoms with E-state index in [1.54, 1.807) is 0 Å². The molecule has 1 N–H and O–H groups in total. The number of hydrogen-bond acceptors (Lipinski definition) is 2. The predicted molar refractivity (Wildman–Crippen MR) is 51.7 cm³/mol. The summed E-state index contributed by atoms with van der Waals surface area (Å²) in [5.74, 6) is 0. The smallest absolute Gasteiger partial charge is 0.369 e. The van der Waals surface area contributed by atoms with Crippen LogP contribution in [0.3, 0.4) is 0 Å². The van der Waals surface area contributed by atoms with Crippen LogP contribution in [-0.2, 0) is 4.74 Å². The van der Waals surface area contributed by atoms with E-state index in [4.69, 9.17) is 4.74 Å². The third kappa shape index (κ3) is 5.37. The molecule has 0 bridgehead atoms. The molecule has 2 nitrogen and oxygen atoms in total. The largest absolute Gasteiger partial charge is 0.411 e. The highest BCUT2D eigenvalue weighted by atomic mass is 19.4. The van der Waals surface area contributed by atoms with Gasteiger partial charge in [0, 0.05) is 6.04 Å². The Bertz CT molecular complexity index is 184. The zero-order valence-corrected chi connectivity index (χ0v) is 8.94. The highest BCUT2D eigenvalue weighted by Gasteiger charge is 2.32. The minimum Gasteiger partial charge on any atom is -0.369 e. The topological polar surface area (TPSA) is 21.3 Å². The zero-order chi connectivity index (χ0) is 11.3. The first kappa shape index (κ1) is 12.8. The number of rotatable bonds is 5. The molecular formula is C10H18F3NO. The Morgan fingerprint density at radius 1 is 1.33 bits per heavy atom. The first-order valence-electron chi connectivity index (χ1n) is 5.43. The molecule has 2 atom stereocenters. The second-order valence-electron chi connectivity index (χ2n) is 4.01. The number of ether oxygens (including phenoxy) is 1. The van der Waals surface area contributed by atoms with E-state index in [0.29, 0.717) is 12.5 Å². The summed E-state index contributed by atoms with van der Waals surface area (Å²) in [5.41, 5.74) is 0. The van der Waals surface area contributed by atoms with Crippen molar-refractivity contribution >= 4 is 0 Å². The van der Waals surface area contributed by atoms with Crippen molar-refractivity contribution in [3.05, 3.63) is 0 Å². The van der Waals surface area contributed by atoms with Gasteiger partial charge in [-0.3, -0.25) is 0 Å². The van der Waals surface area contributed by atoms with Crippen LogP contribution in [0.5, 0.6) is 0 Å². The molecule has 0 saturated heterocycles. The summed E-state index contributed by atoms with van der Waals surface area (Å²) < 4.78 is 40.4. The fourth-order valence-corrected chi connectivity index (χ4v) is 1.84. The summed E-state index contributed by atoms with van der Waals surface area (Å²) in [4.78, 5) is 0. The Labute approximate surface area is 88.2 Å². The van der Waals surface area contributed by atoms with E-state index in [0.717, 1.165) is 25.8 Å². The molecule has 0 heterocycles. The molecule has 0 aromatic heterocycles. The van der Waals surface area contributed by atoms with E-state index < -0.39 is 12.8 Å². The summed E-state index contributed by atoms with van der Waals surface area (Å²) in [6.45, 7) is 1.88. The van der Waals surface area contributed by atoms with Crippen molar-refractivity contribution in [1.82, 2.24) is 5.32 Å². The van der Waals surface area contributed by atoms with E-state index in [2.05, 4.69) is 12.2 Å². The second kappa shape index (κ2) is 5.70. The SMILES string of the molecule is CCCNC1CCC(OCC(F)(F)F)C1. The Hall–Kier alpha value is -0.290. The zero-order valence-electron chi connectivity index (χ0n) is 8.94. The van der Waals surface area contributed by atoms with Crippen molar-refractivity contribution < 1.29 is 17.9 Å². The fraction of sp³-hybridized carbons (Fsp3) is 1.00. The quantitative estimate of drug-likeness (QED) is 0.776. The molecule has 0 spiro atoms. The van der Waals surface area contributed by atoms with Crippen LogP contribution in [0.15, 0.2) is 0 Å². The summed E-state index contributed by atoms with van der Waals surface area (Å²) in [6, 6.07) is 0.336. The Morgan fingerprint density at radius 2 is 2.07 bits per heavy atom. The van der Waals surface area contributed by atoms with Gasteiger partial charge in [0.2, 0.25) is 0 Å². The number of alkyl halides is 3. The maximum absolute atomic E-state index is 11.9. The van der Waals surface area contributed by atoms with Gasteiger partial charge in [0.1, 0.15) is 6.61 Å². The van der Waals surface area contributed by atoms with Crippen molar-refractivity contribution in [1.29, 1.82) is 0 Å². The number of halogens is 3. The van der Waals surface area contributed by atoms with Crippen molar-refractivity contribution in [2.45, 2.75) is 50.9 Å². The minimum absolute atomic E-state index is 0.221. The molecule has 1 rings (SSSR count). The number of nitrogens with one attached hydrogen (secondary N) is 1. The molecule has 0 aromatic rings. The molecule has 1 aliphatic carbocycles. The maximum Gasteiger partial charge on any atom is 0.411 e. The van der Waals surface area contributed by atoms with Crippen LogP contribution in [0.25, 0.3) is 0 Å². The summed E-state index contributed by atoms with van der Waals surface area (Å²) in [5, 5.41) is 3.30. The van der Waals surface area contributed by atoms with Gasteiger partial charge >= 0.3 is 6.18 Å². The van der Waals surface area contributed by atoms with Crippen LogP contribution in [0, 0.1) is 0 Å². The first-order valence-corrected chi connectivity index (χ1v) is 5.43. The lowest BCUT2D eigenvalue weighted by atomic mass is 10.2. The van der Waals surface area contributed by atoms with E-state index >= 15 is 0 Å². The maximum atomic E-state index is 11.9. The van der Waals surface area contributed by atoms with Gasteiger partial charge in [-0.1, -0.05) is 6.92 Å². The predicted octanol–water partition coefficient (Wildman–Crippen LogP) is 2.49. The molecular weight excluding hydrogens is 207 g/mol. The van der Waals surface area contributed by atoms with Gasteiger partial charge in [-0.15, -0.1) is 0 Å². The Morgan fingerprint density at radius 3 is 2.67 bits per heavy atom. The van der Waals surface area contributed by atoms with E-state index in [9.17, 15) is 13.2 Å². The molecule has 1 saturated carbocycles. The van der Waals surface area contributed by atoms with E-state index in [1.807, 2.05) is 0 Å². The Kier molecular flexibility index (Phi) is 4.86. The summed E-state index contributed by atoms with van der Waals surface area (Å²) >= 11 is 0. The van der Waals surface area contributed by atoms with Crippen LogP contribution < -0.4 is 5.32 Å². The standard InChI is InChI=1S/C10H18F3NO/c1-2-5-14-8-3-4-9(6-8)15-7-10(11,12)13/h8-9,14H,2-7H2,1H3. The van der Waals surface area contributed by atoms with Gasteiger partial charge in [0.15, 0.2) is 0 Å². The molecule has 2 unspecified atom stereocenters. The van der Waals surface area contributed by atoms with Gasteiger partial charge in [0.05, 0.1) is 6.10 Å². The minimum atomic E-state index is -4.20. The summed E-state index contributed by atoms with van der Waals surface area (Å²) in [6.07, 6.45) is -1.02. The highest BCUT2D eigenvalue weighted by Crippen LogP contribution is 2.24. The van der Waals surface area contributed by atoms with Crippen LogP contribution in [0.1, 0.15) is 32.6 Å². The molecule has 5 heteroatoms. The molecule has 0 aromatic carbocycles. The molecule has 1 fully saturated rings. The van der Waals surface area contributed by atoms with Crippen LogP contribution in [0.2, 0.25) is 0 Å². The van der Waals surface area contributed by atoms with Crippen LogP contribution >= 0.6 is 0 Å². The number of hydrogen-bond donors (Lipinski definition) is 1. The summed E-state index contributed by atoms with van der Waals surface area (Å²) in [7, 11) is 0. The molecule has 90 valence electrons. The van der Waals surface area contributed by atoms with E-state index in [-0.39, 0.29) is 6.10 Å². The van der Waals surface area contributed by atoms with Gasteiger partial charge in [-0.25, -0.2) is 0 Å². The third-order valence-corrected chi connectivity index (χ3v) is 2.55. The van der Waals surface area contributed by atoms with E-state index in [1.165, 1.54) is 0 Å². The first-order chi connectivity index (χ1) is 7.01. The highest BCUT2D eigenvalue weighted by molar-refractivity contribution is 4.81. The van der Waals surface area contributed by atoms with Crippen molar-refractivity contribution in [3.8, 4) is 0 Å². The van der Waals surface area contributed by atoms with Crippen molar-refractivity contribution in [2.24, 2.45) is 0 Å². The van der Waals surface area contributed by atoms with Crippen LogP contribution in [0.4, 0.5) is 13.2 Å². The molecule has 0 aliphatic heterocycles. The van der Waals surface area contributed by atoms with Crippen molar-refractivity contribution in [3.63, 3.8) is 0 Å². The third-order valence-electron chi connectivity index (χ3n) is 2.55. The lowest BCUT2D eigenvalue weighted by molar-refractivity contribution is -0.184. The average molecular weight is 225 g/mol. The molecule has 15 heavy (non-hydrogen) atoms. The van der Waals surface area contributed by atoms with Gasteiger partial charge < -0.3 is 10.1 Å². The monoisotopic (exact) mass is 225 g/mol. The Balaban J connectivity index is 2.13. The van der Waals surface area contributed by atoms with Crippen molar-refractivity contribution in [2.75, 3.05) is 13.2 Å². The van der Waals surface area contributed by atoms with Gasteiger partial charge in [-0.05, 0) is 32.2 Å².